The summed E-state index contributed by atoms with van der Waals surface area (Å²) in [4.78, 5) is 12.1. The van der Waals surface area contributed by atoms with Crippen LogP contribution in [0.1, 0.15) is 5.56 Å². The Morgan fingerprint density at radius 1 is 0.833 bits per heavy atom. The van der Waals surface area contributed by atoms with Gasteiger partial charge in [-0.25, -0.2) is 0 Å². The molecule has 1 heterocycles. The Labute approximate surface area is 105 Å². The summed E-state index contributed by atoms with van der Waals surface area (Å²) in [6.45, 7) is 2.02. The fourth-order valence-corrected chi connectivity index (χ4v) is 2.25. The monoisotopic (exact) mass is 235 g/mol. The standard InChI is InChI=1S/C16H13NO/c1-12-6-2-4-8-14(12)17-15-9-5-3-7-13(15)10-11-16(17)18/h2-11H,1H3. The Morgan fingerprint density at radius 3 is 2.39 bits per heavy atom. The van der Waals surface area contributed by atoms with Gasteiger partial charge in [0.25, 0.3) is 5.56 Å². The van der Waals surface area contributed by atoms with Crippen LogP contribution in [0.4, 0.5) is 0 Å². The normalized spacial score (nSPS) is 10.7. The summed E-state index contributed by atoms with van der Waals surface area (Å²) in [6.07, 6.45) is 0. The highest BCUT2D eigenvalue weighted by molar-refractivity contribution is 5.80. The van der Waals surface area contributed by atoms with Gasteiger partial charge in [0.2, 0.25) is 0 Å². The second-order valence-electron chi connectivity index (χ2n) is 4.35. The molecule has 3 rings (SSSR count). The molecule has 0 bridgehead atoms. The zero-order valence-corrected chi connectivity index (χ0v) is 10.1. The quantitative estimate of drug-likeness (QED) is 0.634. The third-order valence-corrected chi connectivity index (χ3v) is 3.16. The molecule has 0 aliphatic rings. The lowest BCUT2D eigenvalue weighted by Gasteiger charge is -2.12. The lowest BCUT2D eigenvalue weighted by Crippen LogP contribution is -2.18. The van der Waals surface area contributed by atoms with E-state index < -0.39 is 0 Å². The number of para-hydroxylation sites is 2. The molecular formula is C16H13NO. The molecule has 0 unspecified atom stereocenters. The second-order valence-corrected chi connectivity index (χ2v) is 4.35. The summed E-state index contributed by atoms with van der Waals surface area (Å²) in [6, 6.07) is 19.3. The van der Waals surface area contributed by atoms with E-state index in [4.69, 9.17) is 0 Å². The zero-order valence-electron chi connectivity index (χ0n) is 10.1. The summed E-state index contributed by atoms with van der Waals surface area (Å²) in [5, 5.41) is 1.07. The summed E-state index contributed by atoms with van der Waals surface area (Å²) in [5.41, 5.74) is 2.98. The van der Waals surface area contributed by atoms with Gasteiger partial charge in [0.05, 0.1) is 11.2 Å². The molecule has 2 nitrogen and oxygen atoms in total. The molecule has 2 heteroatoms. The molecular weight excluding hydrogens is 222 g/mol. The van der Waals surface area contributed by atoms with Crippen molar-refractivity contribution < 1.29 is 0 Å². The van der Waals surface area contributed by atoms with Crippen LogP contribution in [0, 0.1) is 6.92 Å². The van der Waals surface area contributed by atoms with Crippen LogP contribution in [-0.4, -0.2) is 4.57 Å². The van der Waals surface area contributed by atoms with Crippen LogP contribution in [0.5, 0.6) is 0 Å². The molecule has 0 amide bonds. The molecule has 0 radical (unpaired) electrons. The third-order valence-electron chi connectivity index (χ3n) is 3.16. The van der Waals surface area contributed by atoms with Crippen molar-refractivity contribution in [2.45, 2.75) is 6.92 Å². The SMILES string of the molecule is Cc1ccccc1-n1c(=O)ccc2ccccc21. The fraction of sp³-hybridized carbons (Fsp3) is 0.0625. The molecule has 88 valence electrons. The number of benzene rings is 2. The number of hydrogen-bond donors (Lipinski definition) is 0. The number of pyridine rings is 1. The predicted molar refractivity (Wildman–Crippen MR) is 74.3 cm³/mol. The molecule has 0 atom stereocenters. The van der Waals surface area contributed by atoms with Crippen molar-refractivity contribution in [1.29, 1.82) is 0 Å². The number of rotatable bonds is 1. The van der Waals surface area contributed by atoms with E-state index in [1.807, 2.05) is 61.5 Å². The average Bonchev–Trinajstić information content (AvgIpc) is 2.40. The van der Waals surface area contributed by atoms with E-state index in [0.29, 0.717) is 0 Å². The first kappa shape index (κ1) is 10.8. The predicted octanol–water partition coefficient (Wildman–Crippen LogP) is 3.30. The summed E-state index contributed by atoms with van der Waals surface area (Å²) in [5.74, 6) is 0. The molecule has 0 aliphatic carbocycles. The van der Waals surface area contributed by atoms with Crippen molar-refractivity contribution in [3.05, 3.63) is 76.6 Å². The molecule has 1 aromatic heterocycles. The van der Waals surface area contributed by atoms with E-state index in [1.54, 1.807) is 10.6 Å². The van der Waals surface area contributed by atoms with Crippen molar-refractivity contribution >= 4 is 10.9 Å². The average molecular weight is 235 g/mol. The van der Waals surface area contributed by atoms with Crippen molar-refractivity contribution in [2.75, 3.05) is 0 Å². The van der Waals surface area contributed by atoms with Crippen LogP contribution >= 0.6 is 0 Å². The highest BCUT2D eigenvalue weighted by Gasteiger charge is 2.06. The van der Waals surface area contributed by atoms with Crippen molar-refractivity contribution in [1.82, 2.24) is 4.57 Å². The second kappa shape index (κ2) is 4.15. The lowest BCUT2D eigenvalue weighted by atomic mass is 10.1. The van der Waals surface area contributed by atoms with Crippen LogP contribution < -0.4 is 5.56 Å². The number of fused-ring (bicyclic) bond motifs is 1. The van der Waals surface area contributed by atoms with Crippen molar-refractivity contribution in [2.24, 2.45) is 0 Å². The summed E-state index contributed by atoms with van der Waals surface area (Å²) >= 11 is 0. The lowest BCUT2D eigenvalue weighted by molar-refractivity contribution is 1.03. The summed E-state index contributed by atoms with van der Waals surface area (Å²) in [7, 11) is 0. The topological polar surface area (TPSA) is 22.0 Å². The van der Waals surface area contributed by atoms with Crippen molar-refractivity contribution in [3.63, 3.8) is 0 Å². The molecule has 18 heavy (non-hydrogen) atoms. The number of hydrogen-bond acceptors (Lipinski definition) is 1. The molecule has 2 aromatic carbocycles. The van der Waals surface area contributed by atoms with Crippen LogP contribution in [0.3, 0.4) is 0 Å². The minimum Gasteiger partial charge on any atom is -0.277 e. The van der Waals surface area contributed by atoms with Crippen LogP contribution in [0.25, 0.3) is 16.6 Å². The van der Waals surface area contributed by atoms with Gasteiger partial charge >= 0.3 is 0 Å². The van der Waals surface area contributed by atoms with Gasteiger partial charge in [0, 0.05) is 6.07 Å². The van der Waals surface area contributed by atoms with Gasteiger partial charge in [0.1, 0.15) is 0 Å². The molecule has 0 fully saturated rings. The Balaban J connectivity index is 2.46. The number of aromatic nitrogens is 1. The van der Waals surface area contributed by atoms with Gasteiger partial charge in [0.15, 0.2) is 0 Å². The van der Waals surface area contributed by atoms with Gasteiger partial charge in [-0.05, 0) is 36.1 Å². The summed E-state index contributed by atoms with van der Waals surface area (Å²) < 4.78 is 1.77. The largest absolute Gasteiger partial charge is 0.277 e. The Morgan fingerprint density at radius 2 is 1.56 bits per heavy atom. The van der Waals surface area contributed by atoms with E-state index in [0.717, 1.165) is 22.2 Å². The first-order chi connectivity index (χ1) is 8.77. The van der Waals surface area contributed by atoms with E-state index >= 15 is 0 Å². The highest BCUT2D eigenvalue weighted by atomic mass is 16.1. The molecule has 0 N–H and O–H groups in total. The zero-order chi connectivity index (χ0) is 12.5. The van der Waals surface area contributed by atoms with Crippen LogP contribution in [0.15, 0.2) is 65.5 Å². The fourth-order valence-electron chi connectivity index (χ4n) is 2.25. The molecule has 3 aromatic rings. The third kappa shape index (κ3) is 1.63. The first-order valence-corrected chi connectivity index (χ1v) is 5.94. The van der Waals surface area contributed by atoms with Gasteiger partial charge in [-0.3, -0.25) is 9.36 Å². The van der Waals surface area contributed by atoms with Gasteiger partial charge in [-0.2, -0.15) is 0 Å². The number of aryl methyl sites for hydroxylation is 1. The van der Waals surface area contributed by atoms with Crippen molar-refractivity contribution in [3.8, 4) is 5.69 Å². The maximum atomic E-state index is 12.1. The van der Waals surface area contributed by atoms with E-state index in [9.17, 15) is 4.79 Å². The van der Waals surface area contributed by atoms with Gasteiger partial charge in [-0.1, -0.05) is 36.4 Å². The van der Waals surface area contributed by atoms with Gasteiger partial charge < -0.3 is 0 Å². The maximum absolute atomic E-state index is 12.1. The smallest absolute Gasteiger partial charge is 0.255 e. The Hall–Kier alpha value is -2.35. The molecule has 0 saturated heterocycles. The minimum atomic E-state index is 0.00278. The molecule has 0 saturated carbocycles. The van der Waals surface area contributed by atoms with E-state index in [2.05, 4.69) is 0 Å². The minimum absolute atomic E-state index is 0.00278. The molecule has 0 spiro atoms. The Kier molecular flexibility index (Phi) is 2.49. The van der Waals surface area contributed by atoms with Crippen LogP contribution in [0.2, 0.25) is 0 Å². The highest BCUT2D eigenvalue weighted by Crippen LogP contribution is 2.18. The van der Waals surface area contributed by atoms with Crippen LogP contribution in [-0.2, 0) is 0 Å². The first-order valence-electron chi connectivity index (χ1n) is 5.94. The number of nitrogens with zero attached hydrogens (tertiary/aromatic N) is 1. The van der Waals surface area contributed by atoms with Gasteiger partial charge in [-0.15, -0.1) is 0 Å². The maximum Gasteiger partial charge on any atom is 0.255 e. The van der Waals surface area contributed by atoms with E-state index in [1.165, 1.54) is 0 Å². The Bertz CT molecular complexity index is 771. The van der Waals surface area contributed by atoms with E-state index in [-0.39, 0.29) is 5.56 Å². The molecule has 0 aliphatic heterocycles.